The molecular weight excluding hydrogens is 284 g/mol. The van der Waals surface area contributed by atoms with Crippen molar-refractivity contribution in [1.29, 1.82) is 0 Å². The number of carbonyl (C=O) groups excluding carboxylic acids is 1. The Hall–Kier alpha value is -1.61. The maximum atomic E-state index is 12.7. The molecule has 0 unspecified atom stereocenters. The van der Waals surface area contributed by atoms with E-state index in [4.69, 9.17) is 11.6 Å². The average molecular weight is 301 g/mol. The molecule has 1 aromatic carbocycles. The quantitative estimate of drug-likeness (QED) is 0.873. The Morgan fingerprint density at radius 3 is 2.38 bits per heavy atom. The summed E-state index contributed by atoms with van der Waals surface area (Å²) < 4.78 is 0. The van der Waals surface area contributed by atoms with Gasteiger partial charge in [-0.3, -0.25) is 4.79 Å². The van der Waals surface area contributed by atoms with E-state index in [2.05, 4.69) is 10.3 Å². The van der Waals surface area contributed by atoms with Gasteiger partial charge in [-0.1, -0.05) is 35.9 Å². The molecule has 108 valence electrons. The van der Waals surface area contributed by atoms with Crippen molar-refractivity contribution >= 4 is 28.3 Å². The Bertz CT molecular complexity index is 695. The molecule has 0 atom stereocenters. The van der Waals surface area contributed by atoms with Crippen molar-refractivity contribution in [3.8, 4) is 0 Å². The predicted molar refractivity (Wildman–Crippen MR) is 83.5 cm³/mol. The number of hydrogen-bond donors (Lipinski definition) is 1. The van der Waals surface area contributed by atoms with Crippen LogP contribution in [-0.4, -0.2) is 16.9 Å². The van der Waals surface area contributed by atoms with Crippen LogP contribution in [0, 0.1) is 11.8 Å². The summed E-state index contributed by atoms with van der Waals surface area (Å²) in [6.07, 6.45) is 6.60. The number of nitrogens with one attached hydrogen (secondary N) is 1. The van der Waals surface area contributed by atoms with Gasteiger partial charge in [-0.05, 0) is 42.9 Å². The van der Waals surface area contributed by atoms with Gasteiger partial charge in [-0.25, -0.2) is 4.98 Å². The molecule has 1 heterocycles. The standard InChI is InChI=1S/C17H17ClN2O/c18-16-13-4-2-1-3-12(13)14(9-19-16)17(21)20-15(10-5-6-10)11-7-8-11/h1-4,9-11,15H,5-8H2,(H,20,21). The van der Waals surface area contributed by atoms with Crippen LogP contribution < -0.4 is 5.32 Å². The fourth-order valence-electron chi connectivity index (χ4n) is 3.10. The summed E-state index contributed by atoms with van der Waals surface area (Å²) in [5, 5.41) is 5.40. The number of carbonyl (C=O) groups is 1. The number of amides is 1. The van der Waals surface area contributed by atoms with Crippen LogP contribution in [0.2, 0.25) is 5.15 Å². The average Bonchev–Trinajstić information content (AvgIpc) is 3.39. The van der Waals surface area contributed by atoms with Gasteiger partial charge in [0.05, 0.1) is 5.56 Å². The second-order valence-electron chi connectivity index (χ2n) is 6.18. The maximum Gasteiger partial charge on any atom is 0.253 e. The first-order valence-electron chi connectivity index (χ1n) is 7.58. The molecule has 1 N–H and O–H groups in total. The molecule has 1 amide bonds. The lowest BCUT2D eigenvalue weighted by molar-refractivity contribution is 0.0927. The number of pyridine rings is 1. The van der Waals surface area contributed by atoms with Gasteiger partial charge in [0.25, 0.3) is 5.91 Å². The lowest BCUT2D eigenvalue weighted by Crippen LogP contribution is -2.38. The highest BCUT2D eigenvalue weighted by molar-refractivity contribution is 6.34. The predicted octanol–water partition coefficient (Wildman–Crippen LogP) is 3.81. The summed E-state index contributed by atoms with van der Waals surface area (Å²) >= 11 is 6.12. The third-order valence-corrected chi connectivity index (χ3v) is 4.85. The zero-order chi connectivity index (χ0) is 14.4. The summed E-state index contributed by atoms with van der Waals surface area (Å²) in [5.41, 5.74) is 0.626. The first-order chi connectivity index (χ1) is 10.2. The van der Waals surface area contributed by atoms with E-state index in [0.717, 1.165) is 10.8 Å². The van der Waals surface area contributed by atoms with Crippen LogP contribution >= 0.6 is 11.6 Å². The van der Waals surface area contributed by atoms with Crippen molar-refractivity contribution in [3.05, 3.63) is 41.2 Å². The molecule has 2 aromatic rings. The second kappa shape index (κ2) is 4.99. The molecule has 0 aliphatic heterocycles. The molecule has 4 rings (SSSR count). The number of fused-ring (bicyclic) bond motifs is 1. The zero-order valence-corrected chi connectivity index (χ0v) is 12.4. The SMILES string of the molecule is O=C(NC(C1CC1)C1CC1)c1cnc(Cl)c2ccccc12. The minimum absolute atomic E-state index is 0.0147. The van der Waals surface area contributed by atoms with E-state index in [1.54, 1.807) is 6.20 Å². The van der Waals surface area contributed by atoms with Crippen LogP contribution in [0.4, 0.5) is 0 Å². The molecule has 2 aliphatic carbocycles. The molecule has 2 fully saturated rings. The Morgan fingerprint density at radius 2 is 1.76 bits per heavy atom. The Labute approximate surface area is 128 Å². The Morgan fingerprint density at radius 1 is 1.14 bits per heavy atom. The highest BCUT2D eigenvalue weighted by Gasteiger charge is 2.42. The van der Waals surface area contributed by atoms with Crippen LogP contribution in [0.15, 0.2) is 30.5 Å². The molecular formula is C17H17ClN2O. The summed E-state index contributed by atoms with van der Waals surface area (Å²) in [6.45, 7) is 0. The summed E-state index contributed by atoms with van der Waals surface area (Å²) in [5.74, 6) is 1.36. The van der Waals surface area contributed by atoms with Crippen molar-refractivity contribution in [3.63, 3.8) is 0 Å². The third kappa shape index (κ3) is 2.51. The van der Waals surface area contributed by atoms with Gasteiger partial charge in [-0.15, -0.1) is 0 Å². The minimum atomic E-state index is -0.0147. The normalized spacial score (nSPS) is 18.2. The van der Waals surface area contributed by atoms with Gasteiger partial charge in [0.1, 0.15) is 5.15 Å². The van der Waals surface area contributed by atoms with Crippen molar-refractivity contribution in [2.75, 3.05) is 0 Å². The van der Waals surface area contributed by atoms with Gasteiger partial charge in [-0.2, -0.15) is 0 Å². The van der Waals surface area contributed by atoms with Crippen molar-refractivity contribution in [1.82, 2.24) is 10.3 Å². The van der Waals surface area contributed by atoms with E-state index in [-0.39, 0.29) is 5.91 Å². The first-order valence-corrected chi connectivity index (χ1v) is 7.96. The van der Waals surface area contributed by atoms with E-state index in [1.165, 1.54) is 25.7 Å². The van der Waals surface area contributed by atoms with Crippen LogP contribution in [0.25, 0.3) is 10.8 Å². The number of aromatic nitrogens is 1. The highest BCUT2D eigenvalue weighted by Crippen LogP contribution is 2.44. The zero-order valence-electron chi connectivity index (χ0n) is 11.7. The molecule has 0 bridgehead atoms. The van der Waals surface area contributed by atoms with Crippen molar-refractivity contribution in [2.45, 2.75) is 31.7 Å². The van der Waals surface area contributed by atoms with Gasteiger partial charge >= 0.3 is 0 Å². The van der Waals surface area contributed by atoms with Crippen LogP contribution in [0.3, 0.4) is 0 Å². The summed E-state index contributed by atoms with van der Waals surface area (Å²) in [4.78, 5) is 16.8. The van der Waals surface area contributed by atoms with E-state index < -0.39 is 0 Å². The maximum absolute atomic E-state index is 12.7. The lowest BCUT2D eigenvalue weighted by atomic mass is 10.0. The second-order valence-corrected chi connectivity index (χ2v) is 6.54. The monoisotopic (exact) mass is 300 g/mol. The fraction of sp³-hybridized carbons (Fsp3) is 0.412. The largest absolute Gasteiger partial charge is 0.349 e. The molecule has 1 aromatic heterocycles. The van der Waals surface area contributed by atoms with Gasteiger partial charge in [0.15, 0.2) is 0 Å². The molecule has 21 heavy (non-hydrogen) atoms. The smallest absolute Gasteiger partial charge is 0.253 e. The Balaban J connectivity index is 1.66. The third-order valence-electron chi connectivity index (χ3n) is 4.55. The van der Waals surface area contributed by atoms with E-state index >= 15 is 0 Å². The van der Waals surface area contributed by atoms with Crippen LogP contribution in [0.5, 0.6) is 0 Å². The Kier molecular flexibility index (Phi) is 3.11. The van der Waals surface area contributed by atoms with Crippen molar-refractivity contribution in [2.24, 2.45) is 11.8 Å². The molecule has 2 saturated carbocycles. The fourth-order valence-corrected chi connectivity index (χ4v) is 3.31. The lowest BCUT2D eigenvalue weighted by Gasteiger charge is -2.18. The number of halogens is 1. The highest BCUT2D eigenvalue weighted by atomic mass is 35.5. The van der Waals surface area contributed by atoms with E-state index in [1.807, 2.05) is 24.3 Å². The number of hydrogen-bond acceptors (Lipinski definition) is 2. The number of nitrogens with zero attached hydrogens (tertiary/aromatic N) is 1. The molecule has 4 heteroatoms. The topological polar surface area (TPSA) is 42.0 Å². The van der Waals surface area contributed by atoms with E-state index in [9.17, 15) is 4.79 Å². The van der Waals surface area contributed by atoms with Crippen LogP contribution in [-0.2, 0) is 0 Å². The first kappa shape index (κ1) is 13.1. The molecule has 0 spiro atoms. The van der Waals surface area contributed by atoms with Crippen molar-refractivity contribution < 1.29 is 4.79 Å². The number of benzene rings is 1. The summed E-state index contributed by atoms with van der Waals surface area (Å²) in [6, 6.07) is 8.03. The molecule has 0 radical (unpaired) electrons. The van der Waals surface area contributed by atoms with E-state index in [0.29, 0.717) is 28.6 Å². The van der Waals surface area contributed by atoms with Crippen LogP contribution in [0.1, 0.15) is 36.0 Å². The molecule has 2 aliphatic rings. The summed E-state index contributed by atoms with van der Waals surface area (Å²) in [7, 11) is 0. The van der Waals surface area contributed by atoms with Gasteiger partial charge < -0.3 is 5.32 Å². The molecule has 0 saturated heterocycles. The molecule has 3 nitrogen and oxygen atoms in total. The number of rotatable bonds is 4. The van der Waals surface area contributed by atoms with Gasteiger partial charge in [0, 0.05) is 17.6 Å². The van der Waals surface area contributed by atoms with Gasteiger partial charge in [0.2, 0.25) is 0 Å². The minimum Gasteiger partial charge on any atom is -0.349 e.